The van der Waals surface area contributed by atoms with Crippen LogP contribution in [0, 0.1) is 15.9 Å². The maximum atomic E-state index is 13.7. The molecule has 0 spiro atoms. The molecule has 0 amide bonds. The number of halogens is 1. The summed E-state index contributed by atoms with van der Waals surface area (Å²) >= 11 is 0. The largest absolute Gasteiger partial charge is 0.387 e. The van der Waals surface area contributed by atoms with Crippen LogP contribution in [0.5, 0.6) is 0 Å². The van der Waals surface area contributed by atoms with Crippen molar-refractivity contribution in [2.45, 2.75) is 13.0 Å². The number of aliphatic hydroxyl groups excluding tert-OH is 1. The third-order valence-electron chi connectivity index (χ3n) is 2.33. The molecule has 2 aromatic rings. The highest BCUT2D eigenvalue weighted by Gasteiger charge is 2.14. The first-order chi connectivity index (χ1) is 8.49. The summed E-state index contributed by atoms with van der Waals surface area (Å²) in [5, 5.41) is 27.0. The zero-order valence-electron chi connectivity index (χ0n) is 9.32. The van der Waals surface area contributed by atoms with Gasteiger partial charge in [-0.2, -0.15) is 0 Å². The zero-order valence-corrected chi connectivity index (χ0v) is 9.32. The highest BCUT2D eigenvalue weighted by Crippen LogP contribution is 2.20. The van der Waals surface area contributed by atoms with Crippen molar-refractivity contribution in [1.29, 1.82) is 0 Å². The monoisotopic (exact) mass is 252 g/mol. The van der Waals surface area contributed by atoms with Gasteiger partial charge in [-0.05, 0) is 13.0 Å². The lowest BCUT2D eigenvalue weighted by Gasteiger charge is -2.01. The van der Waals surface area contributed by atoms with Crippen LogP contribution in [0.2, 0.25) is 0 Å². The Balaban J connectivity index is 2.41. The van der Waals surface area contributed by atoms with Crippen molar-refractivity contribution in [2.24, 2.45) is 0 Å². The van der Waals surface area contributed by atoms with Gasteiger partial charge in [0.25, 0.3) is 5.69 Å². The van der Waals surface area contributed by atoms with Crippen LogP contribution in [-0.2, 0) is 0 Å². The van der Waals surface area contributed by atoms with Gasteiger partial charge in [-0.15, -0.1) is 5.10 Å². The fraction of sp³-hybridized carbons (Fsp3) is 0.200. The number of nitro benzene ring substituents is 1. The molecule has 0 saturated heterocycles. The molecule has 1 heterocycles. The lowest BCUT2D eigenvalue weighted by molar-refractivity contribution is -0.385. The summed E-state index contributed by atoms with van der Waals surface area (Å²) in [7, 11) is 0. The van der Waals surface area contributed by atoms with Crippen LogP contribution in [0.25, 0.3) is 5.69 Å². The molecule has 0 aliphatic rings. The van der Waals surface area contributed by atoms with Gasteiger partial charge in [0.05, 0.1) is 23.3 Å². The molecule has 1 aromatic carbocycles. The van der Waals surface area contributed by atoms with E-state index in [1.54, 1.807) is 0 Å². The number of hydrogen-bond donors (Lipinski definition) is 1. The van der Waals surface area contributed by atoms with Crippen molar-refractivity contribution >= 4 is 5.69 Å². The smallest absolute Gasteiger partial charge is 0.272 e. The standard InChI is InChI=1S/C10H9FN4O3/c1-6(16)9-5-14(13-12-9)10-3-2-7(15(17)18)4-8(10)11/h2-6,16H,1H3. The average Bonchev–Trinajstić information content (AvgIpc) is 2.78. The number of aliphatic hydroxyl groups is 1. The highest BCUT2D eigenvalue weighted by atomic mass is 19.1. The molecule has 0 radical (unpaired) electrons. The van der Waals surface area contributed by atoms with E-state index in [0.29, 0.717) is 0 Å². The molecule has 0 saturated carbocycles. The van der Waals surface area contributed by atoms with Crippen LogP contribution in [0.4, 0.5) is 10.1 Å². The Morgan fingerprint density at radius 3 is 2.78 bits per heavy atom. The highest BCUT2D eigenvalue weighted by molar-refractivity contribution is 5.41. The van der Waals surface area contributed by atoms with E-state index in [0.717, 1.165) is 10.7 Å². The van der Waals surface area contributed by atoms with E-state index < -0.39 is 16.8 Å². The number of rotatable bonds is 3. The fourth-order valence-electron chi connectivity index (χ4n) is 1.38. The van der Waals surface area contributed by atoms with Gasteiger partial charge >= 0.3 is 0 Å². The molecule has 0 aliphatic carbocycles. The van der Waals surface area contributed by atoms with Crippen LogP contribution in [0.1, 0.15) is 18.7 Å². The second-order valence-electron chi connectivity index (χ2n) is 3.66. The summed E-state index contributed by atoms with van der Waals surface area (Å²) in [6, 6.07) is 3.20. The van der Waals surface area contributed by atoms with Crippen molar-refractivity contribution in [3.63, 3.8) is 0 Å². The van der Waals surface area contributed by atoms with Crippen LogP contribution in [0.15, 0.2) is 24.4 Å². The van der Waals surface area contributed by atoms with E-state index in [1.165, 1.54) is 25.3 Å². The first-order valence-electron chi connectivity index (χ1n) is 5.03. The Bertz CT molecular complexity index is 597. The van der Waals surface area contributed by atoms with E-state index in [2.05, 4.69) is 10.3 Å². The molecule has 1 atom stereocenters. The minimum absolute atomic E-state index is 0.0278. The molecule has 0 fully saturated rings. The minimum Gasteiger partial charge on any atom is -0.387 e. The molecule has 7 nitrogen and oxygen atoms in total. The maximum absolute atomic E-state index is 13.7. The maximum Gasteiger partial charge on any atom is 0.272 e. The number of aromatic nitrogens is 3. The van der Waals surface area contributed by atoms with Gasteiger partial charge in [-0.25, -0.2) is 9.07 Å². The molecule has 0 aliphatic heterocycles. The van der Waals surface area contributed by atoms with E-state index in [1.807, 2.05) is 0 Å². The summed E-state index contributed by atoms with van der Waals surface area (Å²) in [5.41, 5.74) is -0.0279. The van der Waals surface area contributed by atoms with Gasteiger partial charge in [0.1, 0.15) is 11.4 Å². The van der Waals surface area contributed by atoms with Crippen LogP contribution < -0.4 is 0 Å². The molecule has 94 valence electrons. The topological polar surface area (TPSA) is 94.1 Å². The molecule has 1 N–H and O–H groups in total. The van der Waals surface area contributed by atoms with Gasteiger partial charge < -0.3 is 5.11 Å². The number of benzene rings is 1. The van der Waals surface area contributed by atoms with Crippen LogP contribution in [0.3, 0.4) is 0 Å². The Morgan fingerprint density at radius 1 is 1.56 bits per heavy atom. The van der Waals surface area contributed by atoms with Crippen molar-refractivity contribution < 1.29 is 14.4 Å². The second kappa shape index (κ2) is 4.49. The predicted octanol–water partition coefficient (Wildman–Crippen LogP) is 1.37. The van der Waals surface area contributed by atoms with Crippen LogP contribution in [-0.4, -0.2) is 25.0 Å². The number of hydrogen-bond acceptors (Lipinski definition) is 5. The van der Waals surface area contributed by atoms with E-state index in [9.17, 15) is 19.6 Å². The zero-order chi connectivity index (χ0) is 13.3. The summed E-state index contributed by atoms with van der Waals surface area (Å²) in [4.78, 5) is 9.78. The third kappa shape index (κ3) is 2.18. The lowest BCUT2D eigenvalue weighted by Crippen LogP contribution is -2.00. The van der Waals surface area contributed by atoms with Gasteiger partial charge in [-0.3, -0.25) is 10.1 Å². The Labute approximate surface area is 101 Å². The van der Waals surface area contributed by atoms with E-state index >= 15 is 0 Å². The molecule has 1 aromatic heterocycles. The number of nitrogens with zero attached hydrogens (tertiary/aromatic N) is 4. The van der Waals surface area contributed by atoms with Crippen molar-refractivity contribution in [3.05, 3.63) is 46.0 Å². The SMILES string of the molecule is CC(O)c1cn(-c2ccc([N+](=O)[O-])cc2F)nn1. The van der Waals surface area contributed by atoms with Gasteiger partial charge in [-0.1, -0.05) is 5.21 Å². The molecular formula is C10H9FN4O3. The molecule has 8 heteroatoms. The van der Waals surface area contributed by atoms with Crippen LogP contribution >= 0.6 is 0 Å². The molecule has 0 bridgehead atoms. The molecule has 18 heavy (non-hydrogen) atoms. The molecule has 2 rings (SSSR count). The van der Waals surface area contributed by atoms with Crippen molar-refractivity contribution in [1.82, 2.24) is 15.0 Å². The normalized spacial score (nSPS) is 12.4. The second-order valence-corrected chi connectivity index (χ2v) is 3.66. The summed E-state index contributed by atoms with van der Waals surface area (Å²) in [6.45, 7) is 1.50. The van der Waals surface area contributed by atoms with Gasteiger partial charge in [0.2, 0.25) is 0 Å². The average molecular weight is 252 g/mol. The van der Waals surface area contributed by atoms with E-state index in [-0.39, 0.29) is 17.1 Å². The minimum atomic E-state index is -0.820. The van der Waals surface area contributed by atoms with Crippen molar-refractivity contribution in [2.75, 3.05) is 0 Å². The summed E-state index contributed by atoms with van der Waals surface area (Å²) < 4.78 is 14.8. The first kappa shape index (κ1) is 12.1. The Hall–Kier alpha value is -2.35. The van der Waals surface area contributed by atoms with Crippen molar-refractivity contribution in [3.8, 4) is 5.69 Å². The summed E-state index contributed by atoms with van der Waals surface area (Å²) in [5.74, 6) is -0.786. The quantitative estimate of drug-likeness (QED) is 0.657. The molecule has 1 unspecified atom stereocenters. The summed E-state index contributed by atoms with van der Waals surface area (Å²) in [6.07, 6.45) is 0.536. The van der Waals surface area contributed by atoms with E-state index in [4.69, 9.17) is 0 Å². The number of nitro groups is 1. The first-order valence-corrected chi connectivity index (χ1v) is 5.03. The number of non-ortho nitro benzene ring substituents is 1. The van der Waals surface area contributed by atoms with Gasteiger partial charge in [0.15, 0.2) is 5.82 Å². The third-order valence-corrected chi connectivity index (χ3v) is 2.33. The lowest BCUT2D eigenvalue weighted by atomic mass is 10.2. The predicted molar refractivity (Wildman–Crippen MR) is 58.6 cm³/mol. The molecular weight excluding hydrogens is 243 g/mol. The van der Waals surface area contributed by atoms with Gasteiger partial charge in [0, 0.05) is 6.07 Å². The fourth-order valence-corrected chi connectivity index (χ4v) is 1.38. The Morgan fingerprint density at radius 2 is 2.28 bits per heavy atom. The Kier molecular flexibility index (Phi) is 3.02.